The molecule has 5 atom stereocenters. The van der Waals surface area contributed by atoms with Crippen LogP contribution in [0.5, 0.6) is 0 Å². The molecule has 0 aromatic heterocycles. The van der Waals surface area contributed by atoms with Gasteiger partial charge in [0.2, 0.25) is 0 Å². The summed E-state index contributed by atoms with van der Waals surface area (Å²) in [7, 11) is 0. The van der Waals surface area contributed by atoms with Crippen molar-refractivity contribution < 1.29 is 4.79 Å². The number of hydrogen-bond acceptors (Lipinski definition) is 5. The van der Waals surface area contributed by atoms with Crippen LogP contribution in [0.3, 0.4) is 0 Å². The molecule has 0 fully saturated rings. The lowest BCUT2D eigenvalue weighted by Crippen LogP contribution is -2.36. The Labute approximate surface area is 113 Å². The highest BCUT2D eigenvalue weighted by atomic mass is 32.1. The van der Waals surface area contributed by atoms with Crippen LogP contribution in [-0.4, -0.2) is 26.1 Å². The van der Waals surface area contributed by atoms with Crippen LogP contribution in [0, 0.1) is 5.92 Å². The number of hydrogen-bond donors (Lipinski definition) is 5. The van der Waals surface area contributed by atoms with E-state index >= 15 is 0 Å². The lowest BCUT2D eigenvalue weighted by atomic mass is 10.0. The van der Waals surface area contributed by atoms with Gasteiger partial charge in [0.1, 0.15) is 0 Å². The van der Waals surface area contributed by atoms with E-state index in [0.29, 0.717) is 0 Å². The Morgan fingerprint density at radius 3 is 1.64 bits per heavy atom. The van der Waals surface area contributed by atoms with Gasteiger partial charge >= 0.3 is 0 Å². The van der Waals surface area contributed by atoms with Gasteiger partial charge < -0.3 is 0 Å². The maximum Gasteiger partial charge on any atom is 0.189 e. The molecule has 1 nitrogen and oxygen atoms in total. The highest BCUT2D eigenvalue weighted by molar-refractivity contribution is 7.96. The zero-order chi connectivity index (χ0) is 11.5. The minimum absolute atomic E-state index is 0.000648. The molecular weight excluding hydrogens is 272 g/mol. The third-order valence-electron chi connectivity index (χ3n) is 2.10. The van der Waals surface area contributed by atoms with Gasteiger partial charge in [-0.05, 0) is 0 Å². The molecule has 0 rings (SSSR count). The lowest BCUT2D eigenvalue weighted by molar-refractivity contribution is -0.113. The molecule has 0 spiro atoms. The fourth-order valence-electron chi connectivity index (χ4n) is 0.929. The molecule has 0 aliphatic carbocycles. The number of thiol groups is 5. The van der Waals surface area contributed by atoms with Gasteiger partial charge in [0, 0.05) is 26.9 Å². The van der Waals surface area contributed by atoms with Crippen LogP contribution < -0.4 is 0 Å². The van der Waals surface area contributed by atoms with Crippen molar-refractivity contribution in [1.82, 2.24) is 0 Å². The summed E-state index contributed by atoms with van der Waals surface area (Å²) in [5.41, 5.74) is 0. The predicted octanol–water partition coefficient (Wildman–Crippen LogP) is 2.29. The maximum absolute atomic E-state index is 11.0. The quantitative estimate of drug-likeness (QED) is 0.491. The summed E-state index contributed by atoms with van der Waals surface area (Å²) in [6, 6.07) is 0. The molecule has 0 aliphatic heterocycles. The molecule has 0 saturated carbocycles. The molecule has 14 heavy (non-hydrogen) atoms. The summed E-state index contributed by atoms with van der Waals surface area (Å²) >= 11 is 21.2. The van der Waals surface area contributed by atoms with E-state index in [-0.39, 0.29) is 32.0 Å². The number of rotatable bonds is 5. The minimum Gasteiger partial charge on any atom is -0.287 e. The van der Waals surface area contributed by atoms with Crippen molar-refractivity contribution in [2.24, 2.45) is 5.92 Å². The van der Waals surface area contributed by atoms with Crippen molar-refractivity contribution >= 4 is 68.3 Å². The summed E-state index contributed by atoms with van der Waals surface area (Å²) < 4.78 is 0. The molecule has 0 N–H and O–H groups in total. The molecule has 0 aromatic carbocycles. The standard InChI is InChI=1S/C8H16OS5/c1-3(8(9)14)5(11)7(13)6(12)4(2)10/h3-7,10-13H,1-2H3,(H,9,14)/t3-,4-,5+,6-,7-/m0/s1. The first-order chi connectivity index (χ1) is 6.29. The lowest BCUT2D eigenvalue weighted by Gasteiger charge is -2.28. The summed E-state index contributed by atoms with van der Waals surface area (Å²) in [6.07, 6.45) is 0. The fraction of sp³-hybridized carbons (Fsp3) is 0.875. The third kappa shape index (κ3) is 4.51. The van der Waals surface area contributed by atoms with Crippen LogP contribution in [-0.2, 0) is 4.79 Å². The minimum atomic E-state index is -0.231. The molecule has 84 valence electrons. The molecule has 0 unspecified atom stereocenters. The van der Waals surface area contributed by atoms with Gasteiger partial charge in [0.05, 0.1) is 0 Å². The van der Waals surface area contributed by atoms with E-state index < -0.39 is 0 Å². The van der Waals surface area contributed by atoms with Gasteiger partial charge in [-0.25, -0.2) is 0 Å². The van der Waals surface area contributed by atoms with Crippen LogP contribution >= 0.6 is 63.1 Å². The summed E-state index contributed by atoms with van der Waals surface area (Å²) in [6.45, 7) is 3.73. The van der Waals surface area contributed by atoms with E-state index in [9.17, 15) is 4.79 Å². The second kappa shape index (κ2) is 6.89. The summed E-state index contributed by atoms with van der Waals surface area (Å²) in [4.78, 5) is 11.0. The molecule has 6 heteroatoms. The molecule has 0 aromatic rings. The molecule has 0 aliphatic rings. The first-order valence-electron chi connectivity index (χ1n) is 4.24. The Kier molecular flexibility index (Phi) is 7.58. The van der Waals surface area contributed by atoms with Crippen LogP contribution in [0.25, 0.3) is 0 Å². The Bertz CT molecular complexity index is 196. The highest BCUT2D eigenvalue weighted by Crippen LogP contribution is 2.28. The van der Waals surface area contributed by atoms with Crippen molar-refractivity contribution in [2.75, 3.05) is 0 Å². The van der Waals surface area contributed by atoms with Crippen LogP contribution in [0.4, 0.5) is 0 Å². The average molecular weight is 289 g/mol. The molecule has 0 heterocycles. The Balaban J connectivity index is 4.37. The van der Waals surface area contributed by atoms with Crippen molar-refractivity contribution in [3.05, 3.63) is 0 Å². The largest absolute Gasteiger partial charge is 0.287 e. The van der Waals surface area contributed by atoms with Gasteiger partial charge in [-0.2, -0.15) is 50.5 Å². The van der Waals surface area contributed by atoms with Gasteiger partial charge in [-0.15, -0.1) is 12.6 Å². The van der Waals surface area contributed by atoms with Gasteiger partial charge in [0.25, 0.3) is 0 Å². The maximum atomic E-state index is 11.0. The number of carbonyl (C=O) groups is 1. The molecule has 0 saturated heterocycles. The van der Waals surface area contributed by atoms with E-state index in [1.54, 1.807) is 6.92 Å². The number of carbonyl (C=O) groups excluding carboxylic acids is 1. The Morgan fingerprint density at radius 2 is 1.36 bits per heavy atom. The van der Waals surface area contributed by atoms with Gasteiger partial charge in [0.15, 0.2) is 5.12 Å². The SMILES string of the molecule is C[C@H](S)[C@H](S)[C@@H](S)[C@H](S)[C@H](C)C(=O)S. The topological polar surface area (TPSA) is 17.1 Å². The molecule has 0 amide bonds. The summed E-state index contributed by atoms with van der Waals surface area (Å²) in [5.74, 6) is -0.231. The van der Waals surface area contributed by atoms with E-state index in [0.717, 1.165) is 0 Å². The summed E-state index contributed by atoms with van der Waals surface area (Å²) in [5, 5.41) is -0.297. The third-order valence-corrected chi connectivity index (χ3v) is 5.71. The van der Waals surface area contributed by atoms with Crippen LogP contribution in [0.1, 0.15) is 13.8 Å². The van der Waals surface area contributed by atoms with E-state index in [4.69, 9.17) is 0 Å². The van der Waals surface area contributed by atoms with Crippen molar-refractivity contribution in [1.29, 1.82) is 0 Å². The van der Waals surface area contributed by atoms with Gasteiger partial charge in [-0.3, -0.25) is 4.79 Å². The van der Waals surface area contributed by atoms with Crippen LogP contribution in [0.2, 0.25) is 0 Å². The smallest absolute Gasteiger partial charge is 0.189 e. The highest BCUT2D eigenvalue weighted by Gasteiger charge is 2.30. The molecular formula is C8H16OS5. The monoisotopic (exact) mass is 288 g/mol. The van der Waals surface area contributed by atoms with Crippen molar-refractivity contribution in [2.45, 2.75) is 34.8 Å². The normalized spacial score (nSPS) is 22.2. The molecule has 0 radical (unpaired) electrons. The van der Waals surface area contributed by atoms with Crippen molar-refractivity contribution in [3.63, 3.8) is 0 Å². The zero-order valence-electron chi connectivity index (χ0n) is 8.03. The Morgan fingerprint density at radius 1 is 0.929 bits per heavy atom. The second-order valence-corrected chi connectivity index (χ2v) is 6.38. The first-order valence-corrected chi connectivity index (χ1v) is 6.75. The predicted molar refractivity (Wildman–Crippen MR) is 79.9 cm³/mol. The first kappa shape index (κ1) is 15.4. The fourth-order valence-corrected chi connectivity index (χ4v) is 2.69. The van der Waals surface area contributed by atoms with Gasteiger partial charge in [-0.1, -0.05) is 13.8 Å². The molecule has 0 bridgehead atoms. The Hall–Kier alpha value is 1.42. The van der Waals surface area contributed by atoms with Crippen molar-refractivity contribution in [3.8, 4) is 0 Å². The van der Waals surface area contributed by atoms with Crippen LogP contribution in [0.15, 0.2) is 0 Å². The van der Waals surface area contributed by atoms with E-state index in [2.05, 4.69) is 63.1 Å². The van der Waals surface area contributed by atoms with E-state index in [1.807, 2.05) is 6.92 Å². The second-order valence-electron chi connectivity index (χ2n) is 3.34. The average Bonchev–Trinajstić information content (AvgIpc) is 2.12. The zero-order valence-corrected chi connectivity index (χ0v) is 12.5. The van der Waals surface area contributed by atoms with E-state index in [1.165, 1.54) is 0 Å².